The number of carbonyl (C=O) groups excluding carboxylic acids is 2. The Morgan fingerprint density at radius 1 is 0.968 bits per heavy atom. The molecule has 4 aliphatic carbocycles. The molecule has 168 valence electrons. The molecule has 1 heterocycles. The molecule has 2 N–H and O–H groups in total. The fourth-order valence-corrected chi connectivity index (χ4v) is 7.31. The Morgan fingerprint density at radius 3 is 2.13 bits per heavy atom. The fourth-order valence-electron chi connectivity index (χ4n) is 7.31. The summed E-state index contributed by atoms with van der Waals surface area (Å²) in [4.78, 5) is 28.2. The van der Waals surface area contributed by atoms with Crippen LogP contribution < -0.4 is 10.6 Å². The minimum absolute atomic E-state index is 0.0746. The van der Waals surface area contributed by atoms with Gasteiger partial charge in [-0.15, -0.1) is 0 Å². The molecule has 1 aromatic carbocycles. The molecule has 0 radical (unpaired) electrons. The number of nitrogens with one attached hydrogen (secondary N) is 2. The van der Waals surface area contributed by atoms with E-state index in [2.05, 4.69) is 46.7 Å². The highest BCUT2D eigenvalue weighted by Crippen LogP contribution is 2.60. The SMILES string of the molecule is Cc1ccc([C@H](CNC(=O)CNC(=O)C23CC4CC(CC(C4)C2)C3)N2CCCC2)cc1. The van der Waals surface area contributed by atoms with E-state index in [0.29, 0.717) is 6.54 Å². The summed E-state index contributed by atoms with van der Waals surface area (Å²) in [5.41, 5.74) is 2.32. The van der Waals surface area contributed by atoms with Gasteiger partial charge in [0.25, 0.3) is 0 Å². The molecule has 0 spiro atoms. The molecule has 1 aliphatic heterocycles. The van der Waals surface area contributed by atoms with Gasteiger partial charge in [-0.1, -0.05) is 29.8 Å². The third kappa shape index (κ3) is 4.39. The zero-order valence-corrected chi connectivity index (χ0v) is 18.9. The van der Waals surface area contributed by atoms with Crippen molar-refractivity contribution in [1.29, 1.82) is 0 Å². The van der Waals surface area contributed by atoms with E-state index in [4.69, 9.17) is 0 Å². The van der Waals surface area contributed by atoms with Crippen LogP contribution >= 0.6 is 0 Å². The lowest BCUT2D eigenvalue weighted by Gasteiger charge is -2.55. The molecular formula is C26H37N3O2. The van der Waals surface area contributed by atoms with Gasteiger partial charge in [0.2, 0.25) is 11.8 Å². The molecular weight excluding hydrogens is 386 g/mol. The molecule has 2 amide bonds. The van der Waals surface area contributed by atoms with Gasteiger partial charge in [-0.2, -0.15) is 0 Å². The summed E-state index contributed by atoms with van der Waals surface area (Å²) in [6.07, 6.45) is 9.53. The molecule has 4 saturated carbocycles. The number of hydrogen-bond donors (Lipinski definition) is 2. The number of carbonyl (C=O) groups is 2. The normalized spacial score (nSPS) is 32.7. The van der Waals surface area contributed by atoms with Crippen LogP contribution in [0.3, 0.4) is 0 Å². The van der Waals surface area contributed by atoms with Crippen LogP contribution in [0.1, 0.15) is 68.5 Å². The predicted octanol–water partition coefficient (Wildman–Crippen LogP) is 3.58. The Labute approximate surface area is 186 Å². The topological polar surface area (TPSA) is 61.4 Å². The second-order valence-corrected chi connectivity index (χ2v) is 10.9. The summed E-state index contributed by atoms with van der Waals surface area (Å²) in [5, 5.41) is 6.12. The van der Waals surface area contributed by atoms with Crippen LogP contribution in [-0.4, -0.2) is 42.9 Å². The van der Waals surface area contributed by atoms with Gasteiger partial charge < -0.3 is 10.6 Å². The minimum atomic E-state index is -0.186. The second kappa shape index (κ2) is 8.57. The van der Waals surface area contributed by atoms with Crippen LogP contribution in [0.2, 0.25) is 0 Å². The van der Waals surface area contributed by atoms with Gasteiger partial charge in [0, 0.05) is 12.0 Å². The van der Waals surface area contributed by atoms with Crippen molar-refractivity contribution in [2.45, 2.75) is 64.3 Å². The number of hydrogen-bond acceptors (Lipinski definition) is 3. The Hall–Kier alpha value is -1.88. The largest absolute Gasteiger partial charge is 0.353 e. The molecule has 5 heteroatoms. The molecule has 5 aliphatic rings. The van der Waals surface area contributed by atoms with Gasteiger partial charge in [-0.3, -0.25) is 14.5 Å². The number of likely N-dealkylation sites (tertiary alicyclic amines) is 1. The lowest BCUT2D eigenvalue weighted by Crippen LogP contribution is -2.54. The smallest absolute Gasteiger partial charge is 0.239 e. The molecule has 1 saturated heterocycles. The third-order valence-corrected chi connectivity index (χ3v) is 8.47. The summed E-state index contributed by atoms with van der Waals surface area (Å²) < 4.78 is 0. The zero-order valence-electron chi connectivity index (χ0n) is 18.9. The third-order valence-electron chi connectivity index (χ3n) is 8.47. The van der Waals surface area contributed by atoms with Crippen LogP contribution in [0.5, 0.6) is 0 Å². The number of benzene rings is 1. The predicted molar refractivity (Wildman–Crippen MR) is 121 cm³/mol. The number of amides is 2. The molecule has 0 unspecified atom stereocenters. The van der Waals surface area contributed by atoms with Crippen molar-refractivity contribution < 1.29 is 9.59 Å². The summed E-state index contributed by atoms with van der Waals surface area (Å²) in [6, 6.07) is 8.85. The van der Waals surface area contributed by atoms with Crippen LogP contribution in [0.15, 0.2) is 24.3 Å². The quantitative estimate of drug-likeness (QED) is 0.705. The highest BCUT2D eigenvalue weighted by Gasteiger charge is 2.54. The fraction of sp³-hybridized carbons (Fsp3) is 0.692. The van der Waals surface area contributed by atoms with Gasteiger partial charge >= 0.3 is 0 Å². The Kier molecular flexibility index (Phi) is 5.80. The van der Waals surface area contributed by atoms with Crippen molar-refractivity contribution in [3.63, 3.8) is 0 Å². The van der Waals surface area contributed by atoms with Crippen LogP contribution in [0, 0.1) is 30.1 Å². The minimum Gasteiger partial charge on any atom is -0.353 e. The summed E-state index contributed by atoms with van der Waals surface area (Å²) in [7, 11) is 0. The molecule has 4 bridgehead atoms. The van der Waals surface area contributed by atoms with Gasteiger partial charge in [-0.05, 0) is 94.7 Å². The average molecular weight is 424 g/mol. The average Bonchev–Trinajstić information content (AvgIpc) is 3.27. The lowest BCUT2D eigenvalue weighted by molar-refractivity contribution is -0.147. The van der Waals surface area contributed by atoms with E-state index >= 15 is 0 Å². The van der Waals surface area contributed by atoms with Crippen molar-refractivity contribution in [2.24, 2.45) is 23.2 Å². The van der Waals surface area contributed by atoms with Crippen molar-refractivity contribution in [1.82, 2.24) is 15.5 Å². The Morgan fingerprint density at radius 2 is 1.55 bits per heavy atom. The van der Waals surface area contributed by atoms with Crippen LogP contribution in [0.4, 0.5) is 0 Å². The molecule has 5 nitrogen and oxygen atoms in total. The zero-order chi connectivity index (χ0) is 21.4. The molecule has 5 fully saturated rings. The first kappa shape index (κ1) is 21.0. The van der Waals surface area contributed by atoms with Gasteiger partial charge in [0.1, 0.15) is 0 Å². The Balaban J connectivity index is 1.15. The first-order valence-corrected chi connectivity index (χ1v) is 12.4. The van der Waals surface area contributed by atoms with Crippen molar-refractivity contribution in [2.75, 3.05) is 26.2 Å². The number of rotatable bonds is 7. The van der Waals surface area contributed by atoms with Crippen molar-refractivity contribution >= 4 is 11.8 Å². The van der Waals surface area contributed by atoms with E-state index in [1.807, 2.05) is 0 Å². The first-order valence-electron chi connectivity index (χ1n) is 12.4. The monoisotopic (exact) mass is 423 g/mol. The van der Waals surface area contributed by atoms with E-state index in [9.17, 15) is 9.59 Å². The number of nitrogens with zero attached hydrogens (tertiary/aromatic N) is 1. The molecule has 1 aromatic rings. The molecule has 0 aromatic heterocycles. The van der Waals surface area contributed by atoms with E-state index in [-0.39, 0.29) is 29.8 Å². The molecule has 1 atom stereocenters. The summed E-state index contributed by atoms with van der Waals surface area (Å²) >= 11 is 0. The van der Waals surface area contributed by atoms with E-state index in [1.165, 1.54) is 43.2 Å². The van der Waals surface area contributed by atoms with Gasteiger partial charge in [-0.25, -0.2) is 0 Å². The highest BCUT2D eigenvalue weighted by atomic mass is 16.2. The van der Waals surface area contributed by atoms with Gasteiger partial charge in [0.05, 0.1) is 12.6 Å². The first-order chi connectivity index (χ1) is 15.0. The number of aryl methyl sites for hydroxylation is 1. The van der Waals surface area contributed by atoms with Crippen molar-refractivity contribution in [3.8, 4) is 0 Å². The highest BCUT2D eigenvalue weighted by molar-refractivity contribution is 5.88. The summed E-state index contributed by atoms with van der Waals surface area (Å²) in [5.74, 6) is 2.27. The maximum atomic E-state index is 13.1. The van der Waals surface area contributed by atoms with Crippen molar-refractivity contribution in [3.05, 3.63) is 35.4 Å². The maximum Gasteiger partial charge on any atom is 0.239 e. The molecule has 6 rings (SSSR count). The van der Waals surface area contributed by atoms with Crippen LogP contribution in [-0.2, 0) is 9.59 Å². The van der Waals surface area contributed by atoms with E-state index in [1.54, 1.807) is 0 Å². The van der Waals surface area contributed by atoms with E-state index < -0.39 is 0 Å². The second-order valence-electron chi connectivity index (χ2n) is 10.9. The van der Waals surface area contributed by atoms with Gasteiger partial charge in [0.15, 0.2) is 0 Å². The summed E-state index contributed by atoms with van der Waals surface area (Å²) in [6.45, 7) is 4.95. The Bertz CT molecular complexity index is 777. The lowest BCUT2D eigenvalue weighted by atomic mass is 9.49. The standard InChI is InChI=1S/C26H37N3O2/c1-18-4-6-22(7-5-18)23(29-8-2-3-9-29)16-27-24(30)17-28-25(31)26-13-19-10-20(14-26)12-21(11-19)15-26/h4-7,19-21,23H,2-3,8-17H2,1H3,(H,27,30)(H,28,31)/t19?,20?,21?,23-,26?/m0/s1. The maximum absolute atomic E-state index is 13.1. The van der Waals surface area contributed by atoms with E-state index in [0.717, 1.165) is 50.1 Å². The molecule has 31 heavy (non-hydrogen) atoms. The van der Waals surface area contributed by atoms with Crippen LogP contribution in [0.25, 0.3) is 0 Å².